The molecule has 132 valence electrons. The number of aryl methyl sites for hydroxylation is 1. The molecule has 0 bridgehead atoms. The van der Waals surface area contributed by atoms with Crippen molar-refractivity contribution in [1.29, 1.82) is 0 Å². The second-order valence-corrected chi connectivity index (χ2v) is 7.14. The van der Waals surface area contributed by atoms with Crippen LogP contribution < -0.4 is 10.6 Å². The number of amides is 1. The normalized spacial score (nSPS) is 10.8. The Hall–Kier alpha value is -1.11. The van der Waals surface area contributed by atoms with Crippen molar-refractivity contribution in [1.82, 2.24) is 5.32 Å². The van der Waals surface area contributed by atoms with Gasteiger partial charge in [0.1, 0.15) is 5.00 Å². The molecule has 1 aromatic heterocycles. The third kappa shape index (κ3) is 7.81. The second-order valence-electron chi connectivity index (χ2n) is 6.00. The van der Waals surface area contributed by atoms with Gasteiger partial charge in [0.25, 0.3) is 0 Å². The molecule has 0 aliphatic carbocycles. The Morgan fingerprint density at radius 2 is 1.91 bits per heavy atom. The van der Waals surface area contributed by atoms with E-state index in [2.05, 4.69) is 31.4 Å². The zero-order valence-corrected chi connectivity index (χ0v) is 16.1. The molecule has 1 aromatic rings. The van der Waals surface area contributed by atoms with E-state index in [-0.39, 0.29) is 29.8 Å². The largest absolute Gasteiger partial charge is 0.462 e. The summed E-state index contributed by atoms with van der Waals surface area (Å²) in [4.78, 5) is 25.0. The lowest BCUT2D eigenvalue weighted by Crippen LogP contribution is -2.37. The average molecular weight is 363 g/mol. The molecule has 0 radical (unpaired) electrons. The lowest BCUT2D eigenvalue weighted by molar-refractivity contribution is -0.116. The van der Waals surface area contributed by atoms with Crippen LogP contribution in [0, 0.1) is 0 Å². The Kier molecular flexibility index (Phi) is 9.42. The SMILES string of the molecule is CCOC(=O)c1cc(CC)sc1NC(=O)CCNC(C)(C)C.Cl. The van der Waals surface area contributed by atoms with Crippen molar-refractivity contribution in [3.8, 4) is 0 Å². The molecule has 1 rings (SSSR count). The van der Waals surface area contributed by atoms with Gasteiger partial charge in [-0.05, 0) is 40.2 Å². The van der Waals surface area contributed by atoms with Crippen molar-refractivity contribution >= 4 is 40.6 Å². The number of hydrogen-bond acceptors (Lipinski definition) is 5. The molecule has 0 aliphatic rings. The van der Waals surface area contributed by atoms with Crippen LogP contribution in [0.1, 0.15) is 56.3 Å². The molecule has 0 aromatic carbocycles. The van der Waals surface area contributed by atoms with Gasteiger partial charge in [-0.15, -0.1) is 23.7 Å². The Morgan fingerprint density at radius 1 is 1.26 bits per heavy atom. The van der Waals surface area contributed by atoms with Crippen molar-refractivity contribution in [2.75, 3.05) is 18.5 Å². The third-order valence-corrected chi connectivity index (χ3v) is 4.08. The Labute approximate surface area is 148 Å². The number of nitrogens with one attached hydrogen (secondary N) is 2. The first kappa shape index (κ1) is 21.9. The highest BCUT2D eigenvalue weighted by atomic mass is 35.5. The van der Waals surface area contributed by atoms with Crippen LogP contribution in [0.15, 0.2) is 6.07 Å². The summed E-state index contributed by atoms with van der Waals surface area (Å²) in [6.07, 6.45) is 1.18. The van der Waals surface area contributed by atoms with Gasteiger partial charge in [0, 0.05) is 23.4 Å². The fraction of sp³-hybridized carbons (Fsp3) is 0.625. The van der Waals surface area contributed by atoms with Crippen molar-refractivity contribution in [2.24, 2.45) is 0 Å². The first-order chi connectivity index (χ1) is 10.3. The maximum atomic E-state index is 12.0. The van der Waals surface area contributed by atoms with Crippen LogP contribution in [0.3, 0.4) is 0 Å². The molecule has 5 nitrogen and oxygen atoms in total. The number of carbonyl (C=O) groups is 2. The number of thiophene rings is 1. The summed E-state index contributed by atoms with van der Waals surface area (Å²) < 4.78 is 5.04. The first-order valence-corrected chi connectivity index (χ1v) is 8.43. The van der Waals surface area contributed by atoms with Crippen molar-refractivity contribution in [3.05, 3.63) is 16.5 Å². The lowest BCUT2D eigenvalue weighted by Gasteiger charge is -2.20. The second kappa shape index (κ2) is 9.90. The molecule has 7 heteroatoms. The van der Waals surface area contributed by atoms with E-state index in [0.29, 0.717) is 30.1 Å². The summed E-state index contributed by atoms with van der Waals surface area (Å²) in [5.41, 5.74) is 0.426. The standard InChI is InChI=1S/C16H26N2O3S.ClH/c1-6-11-10-12(15(20)21-7-2)14(22-11)18-13(19)8-9-17-16(3,4)5;/h10,17H,6-9H2,1-5H3,(H,18,19);1H. The van der Waals surface area contributed by atoms with Gasteiger partial charge in [-0.3, -0.25) is 4.79 Å². The Balaban J connectivity index is 0.00000484. The molecule has 0 atom stereocenters. The predicted molar refractivity (Wildman–Crippen MR) is 97.9 cm³/mol. The molecule has 1 heterocycles. The number of esters is 1. The van der Waals surface area contributed by atoms with Gasteiger partial charge in [0.2, 0.25) is 5.91 Å². The van der Waals surface area contributed by atoms with E-state index in [0.717, 1.165) is 11.3 Å². The molecule has 23 heavy (non-hydrogen) atoms. The fourth-order valence-electron chi connectivity index (χ4n) is 1.81. The summed E-state index contributed by atoms with van der Waals surface area (Å²) >= 11 is 1.43. The smallest absolute Gasteiger partial charge is 0.341 e. The summed E-state index contributed by atoms with van der Waals surface area (Å²) in [5, 5.41) is 6.67. The topological polar surface area (TPSA) is 67.4 Å². The summed E-state index contributed by atoms with van der Waals surface area (Å²) in [7, 11) is 0. The summed E-state index contributed by atoms with van der Waals surface area (Å²) in [6.45, 7) is 10.8. The average Bonchev–Trinajstić information content (AvgIpc) is 2.80. The van der Waals surface area contributed by atoms with E-state index in [1.165, 1.54) is 11.3 Å². The van der Waals surface area contributed by atoms with Crippen LogP contribution >= 0.6 is 23.7 Å². The molecule has 0 fully saturated rings. The fourth-order valence-corrected chi connectivity index (χ4v) is 2.81. The molecule has 0 unspecified atom stereocenters. The van der Waals surface area contributed by atoms with Gasteiger partial charge in [0.05, 0.1) is 12.2 Å². The quantitative estimate of drug-likeness (QED) is 0.727. The molecule has 1 amide bonds. The Morgan fingerprint density at radius 3 is 2.43 bits per heavy atom. The minimum absolute atomic E-state index is 0. The zero-order valence-electron chi connectivity index (χ0n) is 14.4. The molecule has 0 aliphatic heterocycles. The zero-order chi connectivity index (χ0) is 16.8. The highest BCUT2D eigenvalue weighted by molar-refractivity contribution is 7.16. The van der Waals surface area contributed by atoms with Crippen LogP contribution in [0.5, 0.6) is 0 Å². The van der Waals surface area contributed by atoms with Gasteiger partial charge >= 0.3 is 5.97 Å². The van der Waals surface area contributed by atoms with Crippen LogP contribution in [-0.4, -0.2) is 30.6 Å². The van der Waals surface area contributed by atoms with E-state index in [1.807, 2.05) is 6.92 Å². The van der Waals surface area contributed by atoms with Gasteiger partial charge in [0.15, 0.2) is 0 Å². The van der Waals surface area contributed by atoms with Crippen LogP contribution in [0.2, 0.25) is 0 Å². The number of hydrogen-bond donors (Lipinski definition) is 2. The van der Waals surface area contributed by atoms with E-state index < -0.39 is 0 Å². The van der Waals surface area contributed by atoms with E-state index in [1.54, 1.807) is 13.0 Å². The molecule has 0 spiro atoms. The maximum absolute atomic E-state index is 12.0. The van der Waals surface area contributed by atoms with E-state index in [4.69, 9.17) is 4.74 Å². The number of rotatable bonds is 7. The summed E-state index contributed by atoms with van der Waals surface area (Å²) in [5.74, 6) is -0.492. The highest BCUT2D eigenvalue weighted by Crippen LogP contribution is 2.29. The van der Waals surface area contributed by atoms with Gasteiger partial charge < -0.3 is 15.4 Å². The van der Waals surface area contributed by atoms with E-state index >= 15 is 0 Å². The molecular weight excluding hydrogens is 336 g/mol. The molecular formula is C16H27ClN2O3S. The molecule has 2 N–H and O–H groups in total. The van der Waals surface area contributed by atoms with Crippen LogP contribution in [0.4, 0.5) is 5.00 Å². The minimum atomic E-state index is -0.387. The highest BCUT2D eigenvalue weighted by Gasteiger charge is 2.18. The Bertz CT molecular complexity index is 524. The number of carbonyl (C=O) groups excluding carboxylic acids is 2. The molecule has 0 saturated carbocycles. The minimum Gasteiger partial charge on any atom is -0.462 e. The van der Waals surface area contributed by atoms with Gasteiger partial charge in [-0.25, -0.2) is 4.79 Å². The lowest BCUT2D eigenvalue weighted by atomic mass is 10.1. The predicted octanol–water partition coefficient (Wildman–Crippen LogP) is 3.63. The van der Waals surface area contributed by atoms with Gasteiger partial charge in [-0.2, -0.15) is 0 Å². The third-order valence-electron chi connectivity index (χ3n) is 2.89. The maximum Gasteiger partial charge on any atom is 0.341 e. The van der Waals surface area contributed by atoms with Crippen molar-refractivity contribution in [2.45, 2.75) is 53.0 Å². The van der Waals surface area contributed by atoms with Crippen molar-refractivity contribution < 1.29 is 14.3 Å². The van der Waals surface area contributed by atoms with Crippen LogP contribution in [-0.2, 0) is 16.0 Å². The van der Waals surface area contributed by atoms with Gasteiger partial charge in [-0.1, -0.05) is 6.92 Å². The van der Waals surface area contributed by atoms with Crippen LogP contribution in [0.25, 0.3) is 0 Å². The summed E-state index contributed by atoms with van der Waals surface area (Å²) in [6, 6.07) is 1.80. The van der Waals surface area contributed by atoms with Crippen molar-refractivity contribution in [3.63, 3.8) is 0 Å². The molecule has 0 saturated heterocycles. The first-order valence-electron chi connectivity index (χ1n) is 7.61. The van der Waals surface area contributed by atoms with E-state index in [9.17, 15) is 9.59 Å². The monoisotopic (exact) mass is 362 g/mol. The number of ether oxygens (including phenoxy) is 1. The number of halogens is 1. The number of anilines is 1.